The Morgan fingerprint density at radius 1 is 1.00 bits per heavy atom. The number of piperidine rings is 1. The van der Waals surface area contributed by atoms with Crippen LogP contribution in [0.3, 0.4) is 0 Å². The van der Waals surface area contributed by atoms with Gasteiger partial charge in [-0.15, -0.1) is 0 Å². The highest BCUT2D eigenvalue weighted by Crippen LogP contribution is 2.35. The summed E-state index contributed by atoms with van der Waals surface area (Å²) in [6, 6.07) is 12.9. The number of likely N-dealkylation sites (tertiary alicyclic amines) is 1. The van der Waals surface area contributed by atoms with E-state index in [0.717, 1.165) is 18.4 Å². The maximum Gasteiger partial charge on any atom is 0.129 e. The standard InChI is InChI=1S/C23H28FNO2/c24-21-8-4-3-7-20(21)23(27)11-13-25(14-12-23)16-22(26)19-10-9-17-5-1-2-6-18(17)15-19/h3-4,7-10,15,22,26-27H,1-2,5-6,11-14,16H2/t22-/m1/s1. The second-order valence-corrected chi connectivity index (χ2v) is 8.06. The third-order valence-electron chi connectivity index (χ3n) is 6.25. The topological polar surface area (TPSA) is 43.7 Å². The number of halogens is 1. The molecule has 3 nitrogen and oxygen atoms in total. The quantitative estimate of drug-likeness (QED) is 0.863. The van der Waals surface area contributed by atoms with Crippen molar-refractivity contribution < 1.29 is 14.6 Å². The van der Waals surface area contributed by atoms with Gasteiger partial charge in [-0.1, -0.05) is 36.4 Å². The Balaban J connectivity index is 1.38. The van der Waals surface area contributed by atoms with E-state index in [-0.39, 0.29) is 5.82 Å². The molecule has 1 fully saturated rings. The van der Waals surface area contributed by atoms with Crippen molar-refractivity contribution >= 4 is 0 Å². The summed E-state index contributed by atoms with van der Waals surface area (Å²) in [7, 11) is 0. The summed E-state index contributed by atoms with van der Waals surface area (Å²) < 4.78 is 14.1. The molecule has 0 bridgehead atoms. The molecule has 1 aliphatic carbocycles. The van der Waals surface area contributed by atoms with E-state index in [1.54, 1.807) is 18.2 Å². The molecule has 1 saturated heterocycles. The molecular weight excluding hydrogens is 341 g/mol. The van der Waals surface area contributed by atoms with E-state index in [1.807, 2.05) is 0 Å². The number of benzene rings is 2. The molecule has 4 rings (SSSR count). The molecule has 2 aromatic rings. The van der Waals surface area contributed by atoms with Crippen LogP contribution < -0.4 is 0 Å². The minimum absolute atomic E-state index is 0.345. The van der Waals surface area contributed by atoms with Gasteiger partial charge in [0.2, 0.25) is 0 Å². The van der Waals surface area contributed by atoms with E-state index in [9.17, 15) is 14.6 Å². The fourth-order valence-corrected chi connectivity index (χ4v) is 4.52. The van der Waals surface area contributed by atoms with Crippen LogP contribution in [0.2, 0.25) is 0 Å². The van der Waals surface area contributed by atoms with Gasteiger partial charge in [0, 0.05) is 25.2 Å². The lowest BCUT2D eigenvalue weighted by Gasteiger charge is -2.39. The Kier molecular flexibility index (Phi) is 5.31. The van der Waals surface area contributed by atoms with Gasteiger partial charge in [0.05, 0.1) is 11.7 Å². The predicted molar refractivity (Wildman–Crippen MR) is 104 cm³/mol. The van der Waals surface area contributed by atoms with E-state index in [4.69, 9.17) is 0 Å². The first-order valence-electron chi connectivity index (χ1n) is 10.0. The summed E-state index contributed by atoms with van der Waals surface area (Å²) in [6.07, 6.45) is 5.16. The summed E-state index contributed by atoms with van der Waals surface area (Å²) in [4.78, 5) is 2.17. The molecule has 144 valence electrons. The Morgan fingerprint density at radius 2 is 1.70 bits per heavy atom. The number of nitrogens with zero attached hydrogens (tertiary/aromatic N) is 1. The van der Waals surface area contributed by atoms with E-state index in [1.165, 1.54) is 30.0 Å². The molecule has 2 aliphatic rings. The van der Waals surface area contributed by atoms with Crippen molar-refractivity contribution in [2.75, 3.05) is 19.6 Å². The maximum absolute atomic E-state index is 14.1. The highest BCUT2D eigenvalue weighted by atomic mass is 19.1. The van der Waals surface area contributed by atoms with Crippen LogP contribution in [-0.4, -0.2) is 34.7 Å². The molecule has 1 atom stereocenters. The zero-order valence-corrected chi connectivity index (χ0v) is 15.7. The van der Waals surface area contributed by atoms with Gasteiger partial charge in [-0.25, -0.2) is 4.39 Å². The van der Waals surface area contributed by atoms with Gasteiger partial charge in [0.1, 0.15) is 5.82 Å². The number of hydrogen-bond acceptors (Lipinski definition) is 3. The molecule has 0 spiro atoms. The van der Waals surface area contributed by atoms with Gasteiger partial charge in [0.25, 0.3) is 0 Å². The minimum Gasteiger partial charge on any atom is -0.387 e. The van der Waals surface area contributed by atoms with Crippen LogP contribution in [0.15, 0.2) is 42.5 Å². The molecule has 0 saturated carbocycles. The Morgan fingerprint density at radius 3 is 2.44 bits per heavy atom. The fraction of sp³-hybridized carbons (Fsp3) is 0.478. The number of aliphatic hydroxyl groups excluding tert-OH is 1. The minimum atomic E-state index is -1.11. The molecule has 0 unspecified atom stereocenters. The largest absolute Gasteiger partial charge is 0.387 e. The van der Waals surface area contributed by atoms with Crippen molar-refractivity contribution in [2.45, 2.75) is 50.2 Å². The number of β-amino-alcohol motifs (C(OH)–C–C–N with tert-alkyl or cyclic N) is 1. The van der Waals surface area contributed by atoms with E-state index in [2.05, 4.69) is 23.1 Å². The average molecular weight is 369 g/mol. The molecule has 27 heavy (non-hydrogen) atoms. The number of fused-ring (bicyclic) bond motifs is 1. The first-order valence-corrected chi connectivity index (χ1v) is 10.0. The third kappa shape index (κ3) is 3.93. The van der Waals surface area contributed by atoms with Crippen molar-refractivity contribution in [1.82, 2.24) is 4.90 Å². The molecule has 1 heterocycles. The monoisotopic (exact) mass is 369 g/mol. The lowest BCUT2D eigenvalue weighted by molar-refractivity contribution is -0.0367. The highest BCUT2D eigenvalue weighted by Gasteiger charge is 2.36. The van der Waals surface area contributed by atoms with Crippen LogP contribution in [0.1, 0.15) is 54.0 Å². The van der Waals surface area contributed by atoms with Gasteiger partial charge in [0.15, 0.2) is 0 Å². The highest BCUT2D eigenvalue weighted by molar-refractivity contribution is 5.35. The average Bonchev–Trinajstić information content (AvgIpc) is 2.69. The van der Waals surface area contributed by atoms with Crippen LogP contribution in [0.25, 0.3) is 0 Å². The van der Waals surface area contributed by atoms with Gasteiger partial charge in [-0.3, -0.25) is 0 Å². The second-order valence-electron chi connectivity index (χ2n) is 8.06. The van der Waals surface area contributed by atoms with E-state index in [0.29, 0.717) is 38.0 Å². The van der Waals surface area contributed by atoms with Crippen LogP contribution in [0, 0.1) is 5.82 Å². The molecule has 0 aromatic heterocycles. The SMILES string of the molecule is O[C@H](CN1CCC(O)(c2ccccc2F)CC1)c1ccc2c(c1)CCCC2. The molecule has 0 amide bonds. The lowest BCUT2D eigenvalue weighted by Crippen LogP contribution is -2.44. The molecule has 2 aromatic carbocycles. The molecule has 4 heteroatoms. The normalized spacial score (nSPS) is 20.9. The fourth-order valence-electron chi connectivity index (χ4n) is 4.52. The van der Waals surface area contributed by atoms with Gasteiger partial charge < -0.3 is 15.1 Å². The smallest absolute Gasteiger partial charge is 0.129 e. The molecule has 0 radical (unpaired) electrons. The summed E-state index contributed by atoms with van der Waals surface area (Å²) in [5.41, 5.74) is 3.06. The zero-order valence-electron chi connectivity index (χ0n) is 15.7. The Labute approximate surface area is 160 Å². The van der Waals surface area contributed by atoms with Crippen LogP contribution in [0.4, 0.5) is 4.39 Å². The van der Waals surface area contributed by atoms with E-state index >= 15 is 0 Å². The summed E-state index contributed by atoms with van der Waals surface area (Å²) in [6.45, 7) is 1.84. The molecule has 2 N–H and O–H groups in total. The van der Waals surface area contributed by atoms with Crippen molar-refractivity contribution in [3.63, 3.8) is 0 Å². The number of rotatable bonds is 4. The first kappa shape index (κ1) is 18.6. The van der Waals surface area contributed by atoms with Crippen LogP contribution in [0.5, 0.6) is 0 Å². The second kappa shape index (κ2) is 7.70. The number of aliphatic hydroxyl groups is 2. The number of aryl methyl sites for hydroxylation is 2. The van der Waals surface area contributed by atoms with Gasteiger partial charge >= 0.3 is 0 Å². The summed E-state index contributed by atoms with van der Waals surface area (Å²) >= 11 is 0. The van der Waals surface area contributed by atoms with Crippen molar-refractivity contribution in [1.29, 1.82) is 0 Å². The van der Waals surface area contributed by atoms with Gasteiger partial charge in [-0.05, 0) is 61.3 Å². The van der Waals surface area contributed by atoms with Crippen LogP contribution in [-0.2, 0) is 18.4 Å². The first-order chi connectivity index (χ1) is 13.0. The number of hydrogen-bond donors (Lipinski definition) is 2. The van der Waals surface area contributed by atoms with Crippen molar-refractivity contribution in [3.8, 4) is 0 Å². The van der Waals surface area contributed by atoms with Crippen LogP contribution >= 0.6 is 0 Å². The summed E-state index contributed by atoms with van der Waals surface area (Å²) in [5.74, 6) is -0.345. The zero-order chi connectivity index (χ0) is 18.9. The van der Waals surface area contributed by atoms with Crippen molar-refractivity contribution in [3.05, 3.63) is 70.5 Å². The summed E-state index contributed by atoms with van der Waals surface area (Å²) in [5, 5.41) is 21.6. The molecular formula is C23H28FNO2. The van der Waals surface area contributed by atoms with E-state index < -0.39 is 11.7 Å². The maximum atomic E-state index is 14.1. The lowest BCUT2D eigenvalue weighted by atomic mass is 9.84. The Bertz CT molecular complexity index is 799. The van der Waals surface area contributed by atoms with Crippen molar-refractivity contribution in [2.24, 2.45) is 0 Å². The molecule has 1 aliphatic heterocycles. The van der Waals surface area contributed by atoms with Gasteiger partial charge in [-0.2, -0.15) is 0 Å². The predicted octanol–water partition coefficient (Wildman–Crippen LogP) is 3.72. The third-order valence-corrected chi connectivity index (χ3v) is 6.25. The Hall–Kier alpha value is -1.75.